The molecular formula is C23H18FN3O4. The second-order valence-corrected chi connectivity index (χ2v) is 6.50. The molecule has 1 aromatic heterocycles. The summed E-state index contributed by atoms with van der Waals surface area (Å²) in [5.41, 5.74) is 2.06. The average Bonchev–Trinajstić information content (AvgIpc) is 3.29. The summed E-state index contributed by atoms with van der Waals surface area (Å²) in [6.45, 7) is -0.308. The molecule has 0 bridgehead atoms. The Balaban J connectivity index is 1.37. The normalized spacial score (nSPS) is 10.5. The molecule has 1 amide bonds. The van der Waals surface area contributed by atoms with Gasteiger partial charge >= 0.3 is 0 Å². The summed E-state index contributed by atoms with van der Waals surface area (Å²) in [5, 5.41) is 6.69. The van der Waals surface area contributed by atoms with Crippen LogP contribution in [0.25, 0.3) is 22.8 Å². The lowest BCUT2D eigenvalue weighted by atomic mass is 10.2. The Hall–Kier alpha value is -4.20. The van der Waals surface area contributed by atoms with Gasteiger partial charge in [0.05, 0.1) is 7.11 Å². The van der Waals surface area contributed by atoms with E-state index >= 15 is 0 Å². The van der Waals surface area contributed by atoms with Gasteiger partial charge in [0.1, 0.15) is 5.75 Å². The summed E-state index contributed by atoms with van der Waals surface area (Å²) in [7, 11) is 1.60. The van der Waals surface area contributed by atoms with Crippen molar-refractivity contribution in [3.05, 3.63) is 78.6 Å². The second kappa shape index (κ2) is 9.08. The number of carbonyl (C=O) groups is 1. The number of aromatic nitrogens is 2. The van der Waals surface area contributed by atoms with Crippen molar-refractivity contribution < 1.29 is 23.2 Å². The molecule has 1 heterocycles. The van der Waals surface area contributed by atoms with Crippen molar-refractivity contribution in [3.63, 3.8) is 0 Å². The van der Waals surface area contributed by atoms with E-state index in [1.165, 1.54) is 12.1 Å². The zero-order valence-corrected chi connectivity index (χ0v) is 16.5. The molecule has 156 valence electrons. The number of carbonyl (C=O) groups excluding carboxylic acids is 1. The third kappa shape index (κ3) is 4.87. The Morgan fingerprint density at radius 1 is 1.00 bits per heavy atom. The standard InChI is InChI=1S/C23H18FN3O4/c1-29-18-12-8-15(9-13-18)22-26-23(31-27-22)16-6-10-17(11-7-16)25-21(28)14-30-20-5-3-2-4-19(20)24/h2-13H,14H2,1H3,(H,25,28). The van der Waals surface area contributed by atoms with Crippen molar-refractivity contribution in [1.29, 1.82) is 0 Å². The largest absolute Gasteiger partial charge is 0.497 e. The number of hydrogen-bond donors (Lipinski definition) is 1. The first kappa shape index (κ1) is 20.1. The first-order valence-electron chi connectivity index (χ1n) is 9.38. The lowest BCUT2D eigenvalue weighted by Gasteiger charge is -2.08. The molecule has 4 aromatic rings. The Kier molecular flexibility index (Phi) is 5.89. The zero-order chi connectivity index (χ0) is 21.6. The van der Waals surface area contributed by atoms with Crippen LogP contribution in [0.2, 0.25) is 0 Å². The summed E-state index contributed by atoms with van der Waals surface area (Å²) in [5.74, 6) is 0.650. The number of benzene rings is 3. The maximum absolute atomic E-state index is 13.5. The fourth-order valence-corrected chi connectivity index (χ4v) is 2.80. The van der Waals surface area contributed by atoms with Crippen LogP contribution >= 0.6 is 0 Å². The average molecular weight is 419 g/mol. The number of nitrogens with one attached hydrogen (secondary N) is 1. The third-order valence-corrected chi connectivity index (χ3v) is 4.39. The second-order valence-electron chi connectivity index (χ2n) is 6.50. The maximum atomic E-state index is 13.5. The molecule has 0 spiro atoms. The van der Waals surface area contributed by atoms with E-state index in [0.717, 1.165) is 11.3 Å². The lowest BCUT2D eigenvalue weighted by Crippen LogP contribution is -2.20. The van der Waals surface area contributed by atoms with Crippen LogP contribution in [0.5, 0.6) is 11.5 Å². The molecule has 7 nitrogen and oxygen atoms in total. The van der Waals surface area contributed by atoms with Gasteiger partial charge in [0, 0.05) is 16.8 Å². The molecule has 31 heavy (non-hydrogen) atoms. The van der Waals surface area contributed by atoms with Crippen molar-refractivity contribution in [2.45, 2.75) is 0 Å². The van der Waals surface area contributed by atoms with Crippen molar-refractivity contribution in [2.75, 3.05) is 19.0 Å². The molecule has 0 saturated heterocycles. The lowest BCUT2D eigenvalue weighted by molar-refractivity contribution is -0.118. The van der Waals surface area contributed by atoms with E-state index in [1.807, 2.05) is 24.3 Å². The monoisotopic (exact) mass is 419 g/mol. The van der Waals surface area contributed by atoms with Crippen LogP contribution in [0.1, 0.15) is 0 Å². The number of halogens is 1. The number of nitrogens with zero attached hydrogens (tertiary/aromatic N) is 2. The van der Waals surface area contributed by atoms with Crippen LogP contribution in [0.4, 0.5) is 10.1 Å². The highest BCUT2D eigenvalue weighted by atomic mass is 19.1. The number of hydrogen-bond acceptors (Lipinski definition) is 6. The fourth-order valence-electron chi connectivity index (χ4n) is 2.80. The van der Waals surface area contributed by atoms with Crippen LogP contribution < -0.4 is 14.8 Å². The summed E-state index contributed by atoms with van der Waals surface area (Å²) in [6.07, 6.45) is 0. The molecule has 0 saturated carbocycles. The first-order chi connectivity index (χ1) is 15.1. The SMILES string of the molecule is COc1ccc(-c2noc(-c3ccc(NC(=O)COc4ccccc4F)cc3)n2)cc1. The molecule has 1 N–H and O–H groups in total. The highest BCUT2D eigenvalue weighted by Crippen LogP contribution is 2.25. The van der Waals surface area contributed by atoms with Crippen molar-refractivity contribution in [3.8, 4) is 34.3 Å². The smallest absolute Gasteiger partial charge is 0.262 e. The van der Waals surface area contributed by atoms with E-state index in [1.54, 1.807) is 43.5 Å². The highest BCUT2D eigenvalue weighted by molar-refractivity contribution is 5.92. The van der Waals surface area contributed by atoms with E-state index in [0.29, 0.717) is 23.0 Å². The van der Waals surface area contributed by atoms with Gasteiger partial charge in [-0.05, 0) is 60.7 Å². The summed E-state index contributed by atoms with van der Waals surface area (Å²) in [6, 6.07) is 20.1. The molecule has 0 aliphatic carbocycles. The van der Waals surface area contributed by atoms with Gasteiger partial charge < -0.3 is 19.3 Å². The molecule has 0 fully saturated rings. The van der Waals surface area contributed by atoms with Crippen LogP contribution in [0, 0.1) is 5.82 Å². The van der Waals surface area contributed by atoms with Crippen LogP contribution in [-0.4, -0.2) is 29.8 Å². The first-order valence-corrected chi connectivity index (χ1v) is 9.38. The molecular weight excluding hydrogens is 401 g/mol. The van der Waals surface area contributed by atoms with Crippen LogP contribution in [-0.2, 0) is 4.79 Å². The molecule has 8 heteroatoms. The molecule has 0 unspecified atom stereocenters. The molecule has 0 aliphatic heterocycles. The minimum atomic E-state index is -0.520. The highest BCUT2D eigenvalue weighted by Gasteiger charge is 2.12. The van der Waals surface area contributed by atoms with Crippen molar-refractivity contribution in [2.24, 2.45) is 0 Å². The predicted octanol–water partition coefficient (Wildman–Crippen LogP) is 4.57. The van der Waals surface area contributed by atoms with Crippen molar-refractivity contribution in [1.82, 2.24) is 10.1 Å². The van der Waals surface area contributed by atoms with Crippen LogP contribution in [0.15, 0.2) is 77.3 Å². The van der Waals surface area contributed by atoms with Gasteiger partial charge in [-0.2, -0.15) is 4.98 Å². The number of methoxy groups -OCH3 is 1. The van der Waals surface area contributed by atoms with Gasteiger partial charge in [0.2, 0.25) is 5.82 Å². The maximum Gasteiger partial charge on any atom is 0.262 e. The fraction of sp³-hybridized carbons (Fsp3) is 0.0870. The van der Waals surface area contributed by atoms with E-state index < -0.39 is 11.7 Å². The third-order valence-electron chi connectivity index (χ3n) is 4.39. The van der Waals surface area contributed by atoms with Gasteiger partial charge in [-0.15, -0.1) is 0 Å². The Labute approximate surface area is 177 Å². The summed E-state index contributed by atoms with van der Waals surface area (Å²) in [4.78, 5) is 16.5. The Morgan fingerprint density at radius 2 is 1.71 bits per heavy atom. The van der Waals surface area contributed by atoms with Gasteiger partial charge in [0.15, 0.2) is 18.2 Å². The number of anilines is 1. The molecule has 0 atom stereocenters. The Bertz CT molecular complexity index is 1170. The van der Waals surface area contributed by atoms with Gasteiger partial charge in [-0.1, -0.05) is 17.3 Å². The summed E-state index contributed by atoms with van der Waals surface area (Å²) < 4.78 is 29.2. The van der Waals surface area contributed by atoms with E-state index in [-0.39, 0.29) is 12.4 Å². The topological polar surface area (TPSA) is 86.5 Å². The van der Waals surface area contributed by atoms with E-state index in [4.69, 9.17) is 14.0 Å². The Morgan fingerprint density at radius 3 is 2.42 bits per heavy atom. The quantitative estimate of drug-likeness (QED) is 0.472. The predicted molar refractivity (Wildman–Crippen MR) is 112 cm³/mol. The van der Waals surface area contributed by atoms with Gasteiger partial charge in [0.25, 0.3) is 11.8 Å². The van der Waals surface area contributed by atoms with Gasteiger partial charge in [-0.3, -0.25) is 4.79 Å². The number of amides is 1. The van der Waals surface area contributed by atoms with Gasteiger partial charge in [-0.25, -0.2) is 4.39 Å². The number of para-hydroxylation sites is 1. The van der Waals surface area contributed by atoms with E-state index in [2.05, 4.69) is 15.5 Å². The number of ether oxygens (including phenoxy) is 2. The van der Waals surface area contributed by atoms with Crippen molar-refractivity contribution >= 4 is 11.6 Å². The molecule has 3 aromatic carbocycles. The molecule has 4 rings (SSSR count). The van der Waals surface area contributed by atoms with Crippen LogP contribution in [0.3, 0.4) is 0 Å². The zero-order valence-electron chi connectivity index (χ0n) is 16.5. The molecule has 0 radical (unpaired) electrons. The minimum Gasteiger partial charge on any atom is -0.497 e. The minimum absolute atomic E-state index is 0.0251. The summed E-state index contributed by atoms with van der Waals surface area (Å²) >= 11 is 0. The van der Waals surface area contributed by atoms with E-state index in [9.17, 15) is 9.18 Å². The number of rotatable bonds is 7. The molecule has 0 aliphatic rings.